The van der Waals surface area contributed by atoms with Crippen molar-refractivity contribution in [3.05, 3.63) is 0 Å². The molecule has 5 heteroatoms. The van der Waals surface area contributed by atoms with Gasteiger partial charge in [0.15, 0.2) is 0 Å². The Morgan fingerprint density at radius 2 is 1.68 bits per heavy atom. The zero-order valence-electron chi connectivity index (χ0n) is 13.6. The fourth-order valence-electron chi connectivity index (χ4n) is 3.96. The third-order valence-electron chi connectivity index (χ3n) is 5.79. The van der Waals surface area contributed by atoms with Crippen molar-refractivity contribution in [2.75, 3.05) is 13.6 Å². The highest BCUT2D eigenvalue weighted by atomic mass is 16.2. The predicted molar refractivity (Wildman–Crippen MR) is 81.7 cm³/mol. The molecule has 2 aliphatic carbocycles. The Labute approximate surface area is 132 Å². The number of rotatable bonds is 5. The van der Waals surface area contributed by atoms with E-state index in [2.05, 4.69) is 6.92 Å². The number of imide groups is 1. The third kappa shape index (κ3) is 2.77. The van der Waals surface area contributed by atoms with E-state index in [9.17, 15) is 14.4 Å². The van der Waals surface area contributed by atoms with Crippen LogP contribution in [0.1, 0.15) is 51.9 Å². The highest BCUT2D eigenvalue weighted by Gasteiger charge is 2.48. The molecule has 1 aliphatic heterocycles. The fourth-order valence-corrected chi connectivity index (χ4v) is 3.96. The van der Waals surface area contributed by atoms with Gasteiger partial charge in [-0.15, -0.1) is 0 Å². The molecule has 3 rings (SSSR count). The van der Waals surface area contributed by atoms with Gasteiger partial charge in [0.1, 0.15) is 0 Å². The van der Waals surface area contributed by atoms with Crippen LogP contribution in [0.5, 0.6) is 0 Å². The molecule has 0 aromatic carbocycles. The maximum absolute atomic E-state index is 12.4. The lowest BCUT2D eigenvalue weighted by Crippen LogP contribution is -2.40. The molecule has 0 radical (unpaired) electrons. The van der Waals surface area contributed by atoms with Gasteiger partial charge in [-0.3, -0.25) is 19.3 Å². The Hall–Kier alpha value is -1.39. The van der Waals surface area contributed by atoms with Gasteiger partial charge in [-0.25, -0.2) is 0 Å². The van der Waals surface area contributed by atoms with Crippen LogP contribution in [0.3, 0.4) is 0 Å². The minimum absolute atomic E-state index is 0.0369. The van der Waals surface area contributed by atoms with Gasteiger partial charge in [-0.05, 0) is 38.5 Å². The van der Waals surface area contributed by atoms with Gasteiger partial charge in [0.25, 0.3) is 0 Å². The van der Waals surface area contributed by atoms with Crippen LogP contribution in [0, 0.1) is 17.8 Å². The van der Waals surface area contributed by atoms with E-state index < -0.39 is 0 Å². The molecule has 0 unspecified atom stereocenters. The van der Waals surface area contributed by atoms with Crippen LogP contribution in [0.4, 0.5) is 0 Å². The zero-order chi connectivity index (χ0) is 15.9. The summed E-state index contributed by atoms with van der Waals surface area (Å²) in [7, 11) is 1.83. The van der Waals surface area contributed by atoms with E-state index in [1.807, 2.05) is 7.05 Å². The van der Waals surface area contributed by atoms with Crippen molar-refractivity contribution in [1.29, 1.82) is 0 Å². The predicted octanol–water partition coefficient (Wildman–Crippen LogP) is 1.81. The van der Waals surface area contributed by atoms with Crippen LogP contribution < -0.4 is 0 Å². The highest BCUT2D eigenvalue weighted by molar-refractivity contribution is 6.05. The molecule has 3 aliphatic rings. The van der Waals surface area contributed by atoms with E-state index >= 15 is 0 Å². The summed E-state index contributed by atoms with van der Waals surface area (Å²) in [6.07, 6.45) is 6.39. The van der Waals surface area contributed by atoms with Crippen LogP contribution in [0.2, 0.25) is 0 Å². The first-order valence-corrected chi connectivity index (χ1v) is 8.61. The molecule has 1 saturated heterocycles. The Morgan fingerprint density at radius 3 is 2.18 bits per heavy atom. The summed E-state index contributed by atoms with van der Waals surface area (Å²) in [6, 6.07) is 0.264. The number of carbonyl (C=O) groups is 3. The molecule has 122 valence electrons. The second-order valence-electron chi connectivity index (χ2n) is 7.16. The number of nitrogens with zero attached hydrogens (tertiary/aromatic N) is 2. The molecule has 0 bridgehead atoms. The average Bonchev–Trinajstić information content (AvgIpc) is 3.34. The Balaban J connectivity index is 1.55. The van der Waals surface area contributed by atoms with Gasteiger partial charge in [0.2, 0.25) is 17.7 Å². The lowest BCUT2D eigenvalue weighted by molar-refractivity contribution is -0.141. The van der Waals surface area contributed by atoms with Crippen molar-refractivity contribution in [2.45, 2.75) is 57.9 Å². The first kappa shape index (κ1) is 15.5. The second kappa shape index (κ2) is 6.01. The summed E-state index contributed by atoms with van der Waals surface area (Å²) in [5.74, 6) is 0.362. The van der Waals surface area contributed by atoms with Gasteiger partial charge in [0.05, 0.1) is 11.8 Å². The van der Waals surface area contributed by atoms with E-state index in [0.29, 0.717) is 5.92 Å². The molecule has 0 aromatic heterocycles. The van der Waals surface area contributed by atoms with Gasteiger partial charge in [-0.2, -0.15) is 0 Å². The number of fused-ring (bicyclic) bond motifs is 1. The van der Waals surface area contributed by atoms with E-state index in [4.69, 9.17) is 0 Å². The second-order valence-corrected chi connectivity index (χ2v) is 7.16. The Morgan fingerprint density at radius 1 is 1.14 bits per heavy atom. The van der Waals surface area contributed by atoms with Gasteiger partial charge < -0.3 is 4.90 Å². The van der Waals surface area contributed by atoms with Crippen LogP contribution in [-0.4, -0.2) is 47.2 Å². The normalized spacial score (nSPS) is 29.5. The summed E-state index contributed by atoms with van der Waals surface area (Å²) >= 11 is 0. The maximum Gasteiger partial charge on any atom is 0.233 e. The maximum atomic E-state index is 12.4. The van der Waals surface area contributed by atoms with Gasteiger partial charge in [-0.1, -0.05) is 12.8 Å². The summed E-state index contributed by atoms with van der Waals surface area (Å²) in [5, 5.41) is 0. The molecular weight excluding hydrogens is 280 g/mol. The molecule has 22 heavy (non-hydrogen) atoms. The van der Waals surface area contributed by atoms with Crippen LogP contribution in [-0.2, 0) is 14.4 Å². The molecule has 2 saturated carbocycles. The number of likely N-dealkylation sites (tertiary alicyclic amines) is 1. The van der Waals surface area contributed by atoms with E-state index in [1.165, 1.54) is 17.7 Å². The molecule has 3 fully saturated rings. The molecule has 3 amide bonds. The van der Waals surface area contributed by atoms with Crippen molar-refractivity contribution in [2.24, 2.45) is 17.8 Å². The van der Waals surface area contributed by atoms with E-state index in [-0.39, 0.29) is 48.6 Å². The minimum Gasteiger partial charge on any atom is -0.343 e. The first-order valence-electron chi connectivity index (χ1n) is 8.61. The Kier molecular flexibility index (Phi) is 4.24. The fraction of sp³-hybridized carbons (Fsp3) is 0.824. The lowest BCUT2D eigenvalue weighted by atomic mass is 9.81. The van der Waals surface area contributed by atoms with Crippen LogP contribution >= 0.6 is 0 Å². The molecular formula is C17H26N2O3. The smallest absolute Gasteiger partial charge is 0.233 e. The molecule has 3 atom stereocenters. The van der Waals surface area contributed by atoms with E-state index in [0.717, 1.165) is 25.7 Å². The van der Waals surface area contributed by atoms with Crippen molar-refractivity contribution in [3.63, 3.8) is 0 Å². The Bertz CT molecular complexity index is 462. The van der Waals surface area contributed by atoms with Crippen molar-refractivity contribution >= 4 is 17.7 Å². The molecule has 0 aromatic rings. The lowest BCUT2D eigenvalue weighted by Gasteiger charge is -2.25. The molecule has 0 N–H and O–H groups in total. The van der Waals surface area contributed by atoms with Crippen molar-refractivity contribution in [3.8, 4) is 0 Å². The zero-order valence-corrected chi connectivity index (χ0v) is 13.6. The third-order valence-corrected chi connectivity index (χ3v) is 5.79. The van der Waals surface area contributed by atoms with Crippen molar-refractivity contribution in [1.82, 2.24) is 9.80 Å². The molecule has 5 nitrogen and oxygen atoms in total. The SMILES string of the molecule is C[C@H](C1CC1)N(C)C(=O)CCN1C(=O)[C@@H]2CCCC[C@H]2C1=O. The number of amides is 3. The summed E-state index contributed by atoms with van der Waals surface area (Å²) in [4.78, 5) is 40.2. The van der Waals surface area contributed by atoms with Gasteiger partial charge >= 0.3 is 0 Å². The topological polar surface area (TPSA) is 57.7 Å². The standard InChI is InChI=1S/C17H26N2O3/c1-11(12-7-8-12)18(2)15(20)9-10-19-16(21)13-5-3-4-6-14(13)17(19)22/h11-14H,3-10H2,1-2H3/t11-,13-,14-/m1/s1. The first-order chi connectivity index (χ1) is 10.5. The largest absolute Gasteiger partial charge is 0.343 e. The number of hydrogen-bond acceptors (Lipinski definition) is 3. The summed E-state index contributed by atoms with van der Waals surface area (Å²) in [6.45, 7) is 2.33. The number of carbonyl (C=O) groups excluding carboxylic acids is 3. The average molecular weight is 306 g/mol. The van der Waals surface area contributed by atoms with E-state index in [1.54, 1.807) is 4.90 Å². The van der Waals surface area contributed by atoms with Crippen LogP contribution in [0.25, 0.3) is 0 Å². The summed E-state index contributed by atoms with van der Waals surface area (Å²) < 4.78 is 0. The van der Waals surface area contributed by atoms with Gasteiger partial charge in [0, 0.05) is 26.1 Å². The molecule has 0 spiro atoms. The molecule has 1 heterocycles. The highest BCUT2D eigenvalue weighted by Crippen LogP contribution is 2.38. The van der Waals surface area contributed by atoms with Crippen molar-refractivity contribution < 1.29 is 14.4 Å². The monoisotopic (exact) mass is 306 g/mol. The quantitative estimate of drug-likeness (QED) is 0.728. The van der Waals surface area contributed by atoms with Crippen LogP contribution in [0.15, 0.2) is 0 Å². The minimum atomic E-state index is -0.112. The number of hydrogen-bond donors (Lipinski definition) is 0. The summed E-state index contributed by atoms with van der Waals surface area (Å²) in [5.41, 5.74) is 0.